The molecule has 0 radical (unpaired) electrons. The van der Waals surface area contributed by atoms with Crippen LogP contribution in [0, 0.1) is 0 Å². The minimum absolute atomic E-state index is 0.0768. The van der Waals surface area contributed by atoms with E-state index in [1.165, 1.54) is 5.56 Å². The van der Waals surface area contributed by atoms with Gasteiger partial charge in [-0.3, -0.25) is 4.79 Å². The van der Waals surface area contributed by atoms with E-state index in [2.05, 4.69) is 22.8 Å². The van der Waals surface area contributed by atoms with Gasteiger partial charge in [0.15, 0.2) is 0 Å². The van der Waals surface area contributed by atoms with E-state index in [4.69, 9.17) is 5.73 Å². The summed E-state index contributed by atoms with van der Waals surface area (Å²) in [6.07, 6.45) is 3.62. The molecule has 1 aromatic rings. The Morgan fingerprint density at radius 2 is 1.95 bits per heavy atom. The number of likely N-dealkylation sites (N-methyl/N-ethyl adjacent to an activating group) is 1. The van der Waals surface area contributed by atoms with Gasteiger partial charge in [0, 0.05) is 6.04 Å². The molecule has 0 bridgehead atoms. The molecule has 20 heavy (non-hydrogen) atoms. The van der Waals surface area contributed by atoms with Gasteiger partial charge in [-0.15, -0.1) is 0 Å². The number of rotatable bonds is 9. The van der Waals surface area contributed by atoms with Crippen molar-refractivity contribution in [1.29, 1.82) is 0 Å². The van der Waals surface area contributed by atoms with Gasteiger partial charge in [-0.05, 0) is 45.3 Å². The zero-order valence-corrected chi connectivity index (χ0v) is 12.6. The Kier molecular flexibility index (Phi) is 7.92. The molecule has 0 aliphatic rings. The highest BCUT2D eigenvalue weighted by Crippen LogP contribution is 2.04. The van der Waals surface area contributed by atoms with Crippen LogP contribution in [0.4, 0.5) is 0 Å². The number of nitrogens with two attached hydrogens (primary N) is 1. The summed E-state index contributed by atoms with van der Waals surface area (Å²) in [6, 6.07) is 10.2. The fourth-order valence-corrected chi connectivity index (χ4v) is 2.26. The molecule has 1 amide bonds. The lowest BCUT2D eigenvalue weighted by atomic mass is 10.1. The Morgan fingerprint density at radius 1 is 1.25 bits per heavy atom. The summed E-state index contributed by atoms with van der Waals surface area (Å²) in [6.45, 7) is 2.72. The molecule has 0 saturated heterocycles. The molecule has 0 unspecified atom stereocenters. The van der Waals surface area contributed by atoms with E-state index in [0.717, 1.165) is 25.7 Å². The van der Waals surface area contributed by atoms with Crippen molar-refractivity contribution in [2.24, 2.45) is 5.73 Å². The van der Waals surface area contributed by atoms with E-state index >= 15 is 0 Å². The first-order valence-corrected chi connectivity index (χ1v) is 7.39. The third kappa shape index (κ3) is 6.17. The van der Waals surface area contributed by atoms with Gasteiger partial charge in [-0.2, -0.15) is 0 Å². The molecule has 112 valence electrons. The Labute approximate surface area is 122 Å². The normalized spacial score (nSPS) is 13.8. The van der Waals surface area contributed by atoms with E-state index < -0.39 is 0 Å². The second-order valence-electron chi connectivity index (χ2n) is 5.23. The standard InChI is InChI=1S/C16H27N3O/c1-13(12-14-8-4-3-5-9-14)19-16(20)15(18-2)10-6-7-11-17/h3-5,8-9,13,15,18H,6-7,10-12,17H2,1-2H3,(H,19,20)/t13-,15+/m1/s1. The molecular formula is C16H27N3O. The number of amides is 1. The number of benzene rings is 1. The number of carbonyl (C=O) groups excluding carboxylic acids is 1. The Hall–Kier alpha value is -1.39. The molecule has 4 heteroatoms. The summed E-state index contributed by atoms with van der Waals surface area (Å²) in [4.78, 5) is 12.2. The van der Waals surface area contributed by atoms with Crippen LogP contribution in [0.1, 0.15) is 31.7 Å². The summed E-state index contributed by atoms with van der Waals surface area (Å²) in [5.41, 5.74) is 6.72. The summed E-state index contributed by atoms with van der Waals surface area (Å²) < 4.78 is 0. The molecule has 4 N–H and O–H groups in total. The van der Waals surface area contributed by atoms with Gasteiger partial charge >= 0.3 is 0 Å². The Bertz CT molecular complexity index is 381. The molecule has 1 rings (SSSR count). The number of carbonyl (C=O) groups is 1. The predicted octanol–water partition coefficient (Wildman–Crippen LogP) is 1.45. The fraction of sp³-hybridized carbons (Fsp3) is 0.562. The first-order valence-electron chi connectivity index (χ1n) is 7.39. The van der Waals surface area contributed by atoms with Crippen molar-refractivity contribution in [3.63, 3.8) is 0 Å². The smallest absolute Gasteiger partial charge is 0.237 e. The lowest BCUT2D eigenvalue weighted by Gasteiger charge is -2.20. The SMILES string of the molecule is CN[C@@H](CCCCN)C(=O)N[C@H](C)Cc1ccccc1. The van der Waals surface area contributed by atoms with Crippen molar-refractivity contribution in [3.05, 3.63) is 35.9 Å². The lowest BCUT2D eigenvalue weighted by Crippen LogP contribution is -2.46. The molecule has 0 saturated carbocycles. The van der Waals surface area contributed by atoms with E-state index in [-0.39, 0.29) is 18.0 Å². The number of unbranched alkanes of at least 4 members (excludes halogenated alkanes) is 1. The van der Waals surface area contributed by atoms with E-state index in [9.17, 15) is 4.79 Å². The van der Waals surface area contributed by atoms with Crippen LogP contribution in [0.5, 0.6) is 0 Å². The molecule has 4 nitrogen and oxygen atoms in total. The molecule has 0 fully saturated rings. The minimum atomic E-state index is -0.125. The average Bonchev–Trinajstić information content (AvgIpc) is 2.44. The maximum Gasteiger partial charge on any atom is 0.237 e. The highest BCUT2D eigenvalue weighted by atomic mass is 16.2. The van der Waals surface area contributed by atoms with Gasteiger partial charge in [0.25, 0.3) is 0 Å². The fourth-order valence-electron chi connectivity index (χ4n) is 2.26. The Balaban J connectivity index is 2.39. The van der Waals surface area contributed by atoms with Crippen molar-refractivity contribution >= 4 is 5.91 Å². The predicted molar refractivity (Wildman–Crippen MR) is 83.5 cm³/mol. The van der Waals surface area contributed by atoms with Crippen LogP contribution < -0.4 is 16.4 Å². The van der Waals surface area contributed by atoms with Crippen LogP contribution in [0.25, 0.3) is 0 Å². The molecule has 2 atom stereocenters. The largest absolute Gasteiger partial charge is 0.352 e. The monoisotopic (exact) mass is 277 g/mol. The van der Waals surface area contributed by atoms with Crippen LogP contribution in [-0.4, -0.2) is 31.6 Å². The first-order chi connectivity index (χ1) is 9.67. The second-order valence-corrected chi connectivity index (χ2v) is 5.23. The van der Waals surface area contributed by atoms with E-state index in [1.54, 1.807) is 0 Å². The van der Waals surface area contributed by atoms with Gasteiger partial charge in [0.2, 0.25) is 5.91 Å². The summed E-state index contributed by atoms with van der Waals surface area (Å²) >= 11 is 0. The third-order valence-electron chi connectivity index (χ3n) is 3.39. The van der Waals surface area contributed by atoms with Gasteiger partial charge in [0.05, 0.1) is 6.04 Å². The van der Waals surface area contributed by atoms with Gasteiger partial charge < -0.3 is 16.4 Å². The molecule has 0 aromatic heterocycles. The number of hydrogen-bond acceptors (Lipinski definition) is 3. The van der Waals surface area contributed by atoms with Crippen molar-refractivity contribution < 1.29 is 4.79 Å². The molecule has 0 aliphatic heterocycles. The quantitative estimate of drug-likeness (QED) is 0.599. The second kappa shape index (κ2) is 9.50. The zero-order chi connectivity index (χ0) is 14.8. The summed E-state index contributed by atoms with van der Waals surface area (Å²) in [7, 11) is 1.83. The van der Waals surface area contributed by atoms with E-state index in [1.807, 2.05) is 32.2 Å². The summed E-state index contributed by atoms with van der Waals surface area (Å²) in [5, 5.41) is 6.15. The van der Waals surface area contributed by atoms with Crippen LogP contribution in [0.3, 0.4) is 0 Å². The van der Waals surface area contributed by atoms with Crippen LogP contribution in [-0.2, 0) is 11.2 Å². The number of nitrogens with one attached hydrogen (secondary N) is 2. The molecule has 0 spiro atoms. The maximum atomic E-state index is 12.2. The van der Waals surface area contributed by atoms with Gasteiger partial charge in [-0.25, -0.2) is 0 Å². The van der Waals surface area contributed by atoms with Crippen LogP contribution in [0.2, 0.25) is 0 Å². The average molecular weight is 277 g/mol. The van der Waals surface area contributed by atoms with Crippen molar-refractivity contribution in [2.45, 2.75) is 44.7 Å². The van der Waals surface area contributed by atoms with Crippen molar-refractivity contribution in [2.75, 3.05) is 13.6 Å². The van der Waals surface area contributed by atoms with Gasteiger partial charge in [0.1, 0.15) is 0 Å². The highest BCUT2D eigenvalue weighted by Gasteiger charge is 2.17. The molecule has 0 heterocycles. The highest BCUT2D eigenvalue weighted by molar-refractivity contribution is 5.81. The maximum absolute atomic E-state index is 12.2. The van der Waals surface area contributed by atoms with Crippen LogP contribution in [0.15, 0.2) is 30.3 Å². The molecular weight excluding hydrogens is 250 g/mol. The van der Waals surface area contributed by atoms with E-state index in [0.29, 0.717) is 6.54 Å². The minimum Gasteiger partial charge on any atom is -0.352 e. The molecule has 0 aliphatic carbocycles. The van der Waals surface area contributed by atoms with Crippen LogP contribution >= 0.6 is 0 Å². The first kappa shape index (κ1) is 16.7. The van der Waals surface area contributed by atoms with Gasteiger partial charge in [-0.1, -0.05) is 36.8 Å². The van der Waals surface area contributed by atoms with Crippen molar-refractivity contribution in [3.8, 4) is 0 Å². The zero-order valence-electron chi connectivity index (χ0n) is 12.6. The number of hydrogen-bond donors (Lipinski definition) is 3. The lowest BCUT2D eigenvalue weighted by molar-refractivity contribution is -0.123. The topological polar surface area (TPSA) is 67.1 Å². The molecule has 1 aromatic carbocycles. The third-order valence-corrected chi connectivity index (χ3v) is 3.39. The summed E-state index contributed by atoms with van der Waals surface area (Å²) in [5.74, 6) is 0.0768. The van der Waals surface area contributed by atoms with Crippen molar-refractivity contribution in [1.82, 2.24) is 10.6 Å². The Morgan fingerprint density at radius 3 is 2.55 bits per heavy atom.